The molecule has 2 aromatic rings. The Morgan fingerprint density at radius 3 is 1.82 bits per heavy atom. The Hall–Kier alpha value is -2.32. The van der Waals surface area contributed by atoms with Crippen molar-refractivity contribution in [1.82, 2.24) is 5.32 Å². The van der Waals surface area contributed by atoms with Gasteiger partial charge in [0.15, 0.2) is 0 Å². The Morgan fingerprint density at radius 2 is 1.33 bits per heavy atom. The van der Waals surface area contributed by atoms with E-state index in [9.17, 15) is 0 Å². The molecule has 0 aromatic heterocycles. The van der Waals surface area contributed by atoms with Gasteiger partial charge in [0.2, 0.25) is 0 Å². The van der Waals surface area contributed by atoms with E-state index < -0.39 is 5.66 Å². The predicted molar refractivity (Wildman–Crippen MR) is 144 cm³/mol. The largest absolute Gasteiger partial charge is 0.359 e. The van der Waals surface area contributed by atoms with E-state index in [1.807, 2.05) is 0 Å². The standard InChI is InChI=1S/C31H44N2/c1-12-21(28(3,4)5)19-27-24-16-15-23(30(9,10)11)18-26(24)31(32,33-27)25-17-22(29(6,7)8)14-13-20(25)2/h12-19,33H,32H2,1-11H3/b21-12+,27-19-/t31-/m0/s1. The number of benzene rings is 2. The summed E-state index contributed by atoms with van der Waals surface area (Å²) in [5.74, 6) is 0. The van der Waals surface area contributed by atoms with Crippen molar-refractivity contribution in [2.45, 2.75) is 92.7 Å². The van der Waals surface area contributed by atoms with Crippen LogP contribution in [-0.2, 0) is 16.5 Å². The SMILES string of the molecule is C/C=C(\C=C1/N[C@@](N)(c2cc(C(C)(C)C)ccc2C)c2cc(C(C)(C)C)ccc21)C(C)(C)C. The maximum absolute atomic E-state index is 7.36. The average molecular weight is 445 g/mol. The average Bonchev–Trinajstić information content (AvgIpc) is 2.96. The zero-order chi connectivity index (χ0) is 25.0. The molecule has 0 spiro atoms. The van der Waals surface area contributed by atoms with Crippen LogP contribution in [0.3, 0.4) is 0 Å². The second kappa shape index (κ2) is 8.17. The van der Waals surface area contributed by atoms with Crippen LogP contribution in [-0.4, -0.2) is 0 Å². The van der Waals surface area contributed by atoms with Crippen LogP contribution in [0.1, 0.15) is 103 Å². The molecule has 3 N–H and O–H groups in total. The van der Waals surface area contributed by atoms with E-state index in [4.69, 9.17) is 5.73 Å². The van der Waals surface area contributed by atoms with E-state index in [1.165, 1.54) is 27.8 Å². The minimum Gasteiger partial charge on any atom is -0.359 e. The minimum absolute atomic E-state index is 0.0462. The Morgan fingerprint density at radius 1 is 0.818 bits per heavy atom. The van der Waals surface area contributed by atoms with E-state index >= 15 is 0 Å². The number of fused-ring (bicyclic) bond motifs is 1. The summed E-state index contributed by atoms with van der Waals surface area (Å²) in [5, 5.41) is 3.78. The molecule has 0 fully saturated rings. The predicted octanol–water partition coefficient (Wildman–Crippen LogP) is 7.69. The van der Waals surface area contributed by atoms with E-state index in [-0.39, 0.29) is 16.2 Å². The second-order valence-corrected chi connectivity index (χ2v) is 12.8. The molecule has 178 valence electrons. The fourth-order valence-corrected chi connectivity index (χ4v) is 4.65. The van der Waals surface area contributed by atoms with E-state index in [2.05, 4.69) is 130 Å². The van der Waals surface area contributed by atoms with Gasteiger partial charge in [-0.3, -0.25) is 0 Å². The second-order valence-electron chi connectivity index (χ2n) is 12.8. The van der Waals surface area contributed by atoms with Crippen LogP contribution in [0.25, 0.3) is 5.70 Å². The summed E-state index contributed by atoms with van der Waals surface area (Å²) in [6.07, 6.45) is 4.49. The zero-order valence-electron chi connectivity index (χ0n) is 22.7. The van der Waals surface area contributed by atoms with Crippen LogP contribution in [0.4, 0.5) is 0 Å². The van der Waals surface area contributed by atoms with Crippen molar-refractivity contribution in [2.75, 3.05) is 0 Å². The summed E-state index contributed by atoms with van der Waals surface area (Å²) in [6, 6.07) is 13.6. The molecule has 1 aliphatic heterocycles. The topological polar surface area (TPSA) is 38.0 Å². The van der Waals surface area contributed by atoms with Gasteiger partial charge in [0.1, 0.15) is 5.66 Å². The summed E-state index contributed by atoms with van der Waals surface area (Å²) in [5.41, 5.74) is 16.4. The summed E-state index contributed by atoms with van der Waals surface area (Å²) < 4.78 is 0. The number of allylic oxidation sites excluding steroid dienone is 3. The van der Waals surface area contributed by atoms with Crippen molar-refractivity contribution in [3.05, 3.63) is 87.5 Å². The first-order valence-corrected chi connectivity index (χ1v) is 12.2. The van der Waals surface area contributed by atoms with Crippen LogP contribution in [0, 0.1) is 12.3 Å². The highest BCUT2D eigenvalue weighted by atomic mass is 15.1. The van der Waals surface area contributed by atoms with Gasteiger partial charge >= 0.3 is 0 Å². The summed E-state index contributed by atoms with van der Waals surface area (Å²) in [7, 11) is 0. The van der Waals surface area contributed by atoms with E-state index in [0.29, 0.717) is 0 Å². The number of nitrogens with one attached hydrogen (secondary N) is 1. The lowest BCUT2D eigenvalue weighted by Crippen LogP contribution is -2.47. The maximum Gasteiger partial charge on any atom is 0.139 e. The molecule has 0 saturated carbocycles. The first kappa shape index (κ1) is 25.3. The van der Waals surface area contributed by atoms with Gasteiger partial charge in [0.25, 0.3) is 0 Å². The highest BCUT2D eigenvalue weighted by Gasteiger charge is 2.41. The Kier molecular flexibility index (Phi) is 6.26. The lowest BCUT2D eigenvalue weighted by molar-refractivity contribution is 0.498. The highest BCUT2D eigenvalue weighted by Crippen LogP contribution is 2.43. The van der Waals surface area contributed by atoms with Gasteiger partial charge in [-0.15, -0.1) is 0 Å². The molecule has 1 atom stereocenters. The van der Waals surface area contributed by atoms with Gasteiger partial charge in [0, 0.05) is 16.8 Å². The molecule has 0 saturated heterocycles. The van der Waals surface area contributed by atoms with Crippen LogP contribution >= 0.6 is 0 Å². The summed E-state index contributed by atoms with van der Waals surface area (Å²) >= 11 is 0. The van der Waals surface area contributed by atoms with Crippen molar-refractivity contribution in [1.29, 1.82) is 0 Å². The van der Waals surface area contributed by atoms with Gasteiger partial charge < -0.3 is 11.1 Å². The molecule has 2 aromatic carbocycles. The molecular weight excluding hydrogens is 400 g/mol. The number of rotatable bonds is 2. The Balaban J connectivity index is 2.31. The molecular formula is C31H44N2. The van der Waals surface area contributed by atoms with Crippen LogP contribution in [0.5, 0.6) is 0 Å². The third kappa shape index (κ3) is 4.82. The number of nitrogens with two attached hydrogens (primary N) is 1. The molecule has 2 heteroatoms. The third-order valence-electron chi connectivity index (χ3n) is 6.94. The molecule has 2 nitrogen and oxygen atoms in total. The van der Waals surface area contributed by atoms with E-state index in [0.717, 1.165) is 16.8 Å². The van der Waals surface area contributed by atoms with Crippen molar-refractivity contribution in [3.8, 4) is 0 Å². The lowest BCUT2D eigenvalue weighted by Gasteiger charge is -2.32. The fraction of sp³-hybridized carbons (Fsp3) is 0.484. The molecule has 0 bridgehead atoms. The molecule has 33 heavy (non-hydrogen) atoms. The number of aryl methyl sites for hydroxylation is 1. The number of hydrogen-bond acceptors (Lipinski definition) is 2. The minimum atomic E-state index is -0.787. The molecule has 3 rings (SSSR count). The van der Waals surface area contributed by atoms with Crippen molar-refractivity contribution >= 4 is 5.70 Å². The van der Waals surface area contributed by atoms with E-state index in [1.54, 1.807) is 0 Å². The van der Waals surface area contributed by atoms with Crippen molar-refractivity contribution < 1.29 is 0 Å². The first-order chi connectivity index (χ1) is 15.0. The fourth-order valence-electron chi connectivity index (χ4n) is 4.65. The van der Waals surface area contributed by atoms with Gasteiger partial charge in [-0.05, 0) is 64.0 Å². The van der Waals surface area contributed by atoms with Gasteiger partial charge in [-0.1, -0.05) is 105 Å². The molecule has 0 unspecified atom stereocenters. The Labute approximate surface area is 202 Å². The van der Waals surface area contributed by atoms with Gasteiger partial charge in [0.05, 0.1) is 0 Å². The monoisotopic (exact) mass is 444 g/mol. The van der Waals surface area contributed by atoms with Gasteiger partial charge in [-0.2, -0.15) is 0 Å². The first-order valence-electron chi connectivity index (χ1n) is 12.2. The molecule has 0 aliphatic carbocycles. The normalized spacial score (nSPS) is 20.7. The molecule has 1 aliphatic rings. The van der Waals surface area contributed by atoms with Crippen LogP contribution < -0.4 is 11.1 Å². The van der Waals surface area contributed by atoms with Crippen LogP contribution in [0.2, 0.25) is 0 Å². The quantitative estimate of drug-likeness (QED) is 0.498. The zero-order valence-corrected chi connectivity index (χ0v) is 22.7. The molecule has 1 heterocycles. The van der Waals surface area contributed by atoms with Crippen LogP contribution in [0.15, 0.2) is 54.1 Å². The maximum atomic E-state index is 7.36. The van der Waals surface area contributed by atoms with Crippen molar-refractivity contribution in [2.24, 2.45) is 11.1 Å². The van der Waals surface area contributed by atoms with Gasteiger partial charge in [-0.25, -0.2) is 0 Å². The lowest BCUT2D eigenvalue weighted by atomic mass is 9.79. The summed E-state index contributed by atoms with van der Waals surface area (Å²) in [6.45, 7) is 24.6. The molecule has 0 amide bonds. The summed E-state index contributed by atoms with van der Waals surface area (Å²) in [4.78, 5) is 0. The highest BCUT2D eigenvalue weighted by molar-refractivity contribution is 5.78. The molecule has 0 radical (unpaired) electrons. The van der Waals surface area contributed by atoms with Crippen molar-refractivity contribution in [3.63, 3.8) is 0 Å². The number of hydrogen-bond donors (Lipinski definition) is 2. The Bertz CT molecular complexity index is 1110. The third-order valence-corrected chi connectivity index (χ3v) is 6.94. The smallest absolute Gasteiger partial charge is 0.139 e.